The second-order valence-corrected chi connectivity index (χ2v) is 7.65. The van der Waals surface area contributed by atoms with Crippen molar-refractivity contribution < 1.29 is 23.9 Å². The summed E-state index contributed by atoms with van der Waals surface area (Å²) >= 11 is 0. The number of carbonyl (C=O) groups excluding carboxylic acids is 3. The van der Waals surface area contributed by atoms with Gasteiger partial charge in [-0.3, -0.25) is 14.5 Å². The number of ether oxygens (including phenoxy) is 2. The maximum absolute atomic E-state index is 12.8. The predicted molar refractivity (Wildman–Crippen MR) is 106 cm³/mol. The first-order chi connectivity index (χ1) is 14.6. The van der Waals surface area contributed by atoms with E-state index in [1.807, 2.05) is 18.2 Å². The van der Waals surface area contributed by atoms with Crippen molar-refractivity contribution >= 4 is 17.8 Å². The highest BCUT2D eigenvalue weighted by molar-refractivity contribution is 6.05. The van der Waals surface area contributed by atoms with Crippen LogP contribution in [-0.4, -0.2) is 47.0 Å². The van der Waals surface area contributed by atoms with Gasteiger partial charge in [-0.2, -0.15) is 0 Å². The van der Waals surface area contributed by atoms with Crippen LogP contribution < -0.4 is 14.8 Å². The van der Waals surface area contributed by atoms with E-state index in [9.17, 15) is 14.4 Å². The first kappa shape index (κ1) is 18.5. The van der Waals surface area contributed by atoms with E-state index >= 15 is 0 Å². The second kappa shape index (κ2) is 7.37. The zero-order chi connectivity index (χ0) is 20.7. The molecule has 2 aromatic carbocycles. The maximum Gasteiger partial charge on any atom is 0.325 e. The molecule has 3 heterocycles. The molecule has 0 spiro atoms. The second-order valence-electron chi connectivity index (χ2n) is 7.65. The van der Waals surface area contributed by atoms with Crippen LogP contribution in [0.25, 0.3) is 0 Å². The highest BCUT2D eigenvalue weighted by atomic mass is 16.7. The predicted octanol–water partition coefficient (Wildman–Crippen LogP) is 1.81. The molecular formula is C22H21N3O5. The number of fused-ring (bicyclic) bond motifs is 2. The summed E-state index contributed by atoms with van der Waals surface area (Å²) in [5.41, 5.74) is 3.13. The Labute approximate surface area is 173 Å². The molecule has 1 atom stereocenters. The number of hydrogen-bond donors (Lipinski definition) is 1. The van der Waals surface area contributed by atoms with Crippen LogP contribution in [0.5, 0.6) is 11.5 Å². The van der Waals surface area contributed by atoms with Gasteiger partial charge in [0.15, 0.2) is 11.5 Å². The quantitative estimate of drug-likeness (QED) is 0.781. The van der Waals surface area contributed by atoms with Crippen molar-refractivity contribution in [3.8, 4) is 11.5 Å². The standard InChI is InChI=1S/C22H21N3O5/c26-20(24-8-7-15-3-1-2-4-16(15)12-24)10-17-21(27)25(22(28)23-17)11-14-5-6-18-19(9-14)30-13-29-18/h1-6,9,17H,7-8,10-13H2,(H,23,28)/t17-/m0/s1. The third kappa shape index (κ3) is 3.34. The lowest BCUT2D eigenvalue weighted by molar-refractivity contribution is -0.136. The molecule has 1 saturated heterocycles. The van der Waals surface area contributed by atoms with Crippen molar-refractivity contribution in [2.45, 2.75) is 32.0 Å². The van der Waals surface area contributed by atoms with Gasteiger partial charge in [0.25, 0.3) is 5.91 Å². The minimum absolute atomic E-state index is 0.0373. The van der Waals surface area contributed by atoms with E-state index in [0.29, 0.717) is 24.6 Å². The van der Waals surface area contributed by atoms with Crippen LogP contribution in [0, 0.1) is 0 Å². The molecule has 3 aliphatic rings. The van der Waals surface area contributed by atoms with E-state index < -0.39 is 12.1 Å². The fraction of sp³-hybridized carbons (Fsp3) is 0.318. The summed E-state index contributed by atoms with van der Waals surface area (Å²) in [5.74, 6) is 0.718. The first-order valence-electron chi connectivity index (χ1n) is 9.93. The van der Waals surface area contributed by atoms with Crippen LogP contribution in [0.15, 0.2) is 42.5 Å². The Kier molecular flexibility index (Phi) is 4.54. The first-order valence-corrected chi connectivity index (χ1v) is 9.93. The van der Waals surface area contributed by atoms with Crippen molar-refractivity contribution in [3.63, 3.8) is 0 Å². The fourth-order valence-corrected chi connectivity index (χ4v) is 4.10. The molecule has 1 fully saturated rings. The minimum Gasteiger partial charge on any atom is -0.454 e. The summed E-state index contributed by atoms with van der Waals surface area (Å²) in [6.45, 7) is 1.42. The Morgan fingerprint density at radius 2 is 1.87 bits per heavy atom. The number of imide groups is 1. The highest BCUT2D eigenvalue weighted by Gasteiger charge is 2.40. The Bertz CT molecular complexity index is 1040. The average Bonchev–Trinajstić information content (AvgIpc) is 3.33. The molecule has 0 aliphatic carbocycles. The molecule has 154 valence electrons. The molecular weight excluding hydrogens is 386 g/mol. The lowest BCUT2D eigenvalue weighted by Gasteiger charge is -2.29. The largest absolute Gasteiger partial charge is 0.454 e. The van der Waals surface area contributed by atoms with Gasteiger partial charge in [-0.15, -0.1) is 0 Å². The smallest absolute Gasteiger partial charge is 0.325 e. The van der Waals surface area contributed by atoms with Gasteiger partial charge in [-0.05, 0) is 35.2 Å². The molecule has 30 heavy (non-hydrogen) atoms. The molecule has 3 aliphatic heterocycles. The van der Waals surface area contributed by atoms with Crippen LogP contribution in [0.3, 0.4) is 0 Å². The molecule has 1 N–H and O–H groups in total. The van der Waals surface area contributed by atoms with E-state index in [0.717, 1.165) is 22.4 Å². The maximum atomic E-state index is 12.8. The van der Waals surface area contributed by atoms with Crippen LogP contribution in [0.1, 0.15) is 23.1 Å². The number of carbonyl (C=O) groups is 3. The summed E-state index contributed by atoms with van der Waals surface area (Å²) in [5, 5.41) is 2.65. The van der Waals surface area contributed by atoms with Gasteiger partial charge in [0.2, 0.25) is 12.7 Å². The van der Waals surface area contributed by atoms with Gasteiger partial charge >= 0.3 is 6.03 Å². The van der Waals surface area contributed by atoms with Crippen molar-refractivity contribution in [1.82, 2.24) is 15.1 Å². The minimum atomic E-state index is -0.837. The van der Waals surface area contributed by atoms with Gasteiger partial charge < -0.3 is 19.7 Å². The molecule has 8 heteroatoms. The monoisotopic (exact) mass is 407 g/mol. The van der Waals surface area contributed by atoms with Gasteiger partial charge in [-0.25, -0.2) is 4.79 Å². The Balaban J connectivity index is 1.23. The number of amides is 4. The van der Waals surface area contributed by atoms with E-state index in [1.165, 1.54) is 5.56 Å². The Morgan fingerprint density at radius 1 is 1.07 bits per heavy atom. The van der Waals surface area contributed by atoms with Crippen molar-refractivity contribution in [2.75, 3.05) is 13.3 Å². The van der Waals surface area contributed by atoms with E-state index in [-0.39, 0.29) is 31.6 Å². The van der Waals surface area contributed by atoms with Crippen molar-refractivity contribution in [2.24, 2.45) is 0 Å². The third-order valence-electron chi connectivity index (χ3n) is 5.75. The number of rotatable bonds is 4. The molecule has 5 rings (SSSR count). The fourth-order valence-electron chi connectivity index (χ4n) is 4.10. The lowest BCUT2D eigenvalue weighted by atomic mass is 9.99. The molecule has 4 amide bonds. The molecule has 0 aromatic heterocycles. The van der Waals surface area contributed by atoms with Crippen molar-refractivity contribution in [3.05, 3.63) is 59.2 Å². The highest BCUT2D eigenvalue weighted by Crippen LogP contribution is 2.33. The summed E-state index contributed by atoms with van der Waals surface area (Å²) in [6, 6.07) is 12.0. The molecule has 2 aromatic rings. The number of nitrogens with one attached hydrogen (secondary N) is 1. The van der Waals surface area contributed by atoms with Gasteiger partial charge in [0.1, 0.15) is 6.04 Å². The van der Waals surface area contributed by atoms with E-state index in [2.05, 4.69) is 11.4 Å². The number of urea groups is 1. The van der Waals surface area contributed by atoms with Gasteiger partial charge in [-0.1, -0.05) is 30.3 Å². The van der Waals surface area contributed by atoms with Crippen LogP contribution in [0.4, 0.5) is 4.79 Å². The number of nitrogens with zero attached hydrogens (tertiary/aromatic N) is 2. The number of benzene rings is 2. The van der Waals surface area contributed by atoms with Gasteiger partial charge in [0.05, 0.1) is 13.0 Å². The number of hydrogen-bond acceptors (Lipinski definition) is 5. The van der Waals surface area contributed by atoms with Crippen molar-refractivity contribution in [1.29, 1.82) is 0 Å². The molecule has 0 radical (unpaired) electrons. The van der Waals surface area contributed by atoms with E-state index in [4.69, 9.17) is 9.47 Å². The summed E-state index contributed by atoms with van der Waals surface area (Å²) in [4.78, 5) is 40.8. The van der Waals surface area contributed by atoms with Crippen LogP contribution in [-0.2, 0) is 29.1 Å². The third-order valence-corrected chi connectivity index (χ3v) is 5.75. The topological polar surface area (TPSA) is 88.2 Å². The van der Waals surface area contributed by atoms with E-state index in [1.54, 1.807) is 23.1 Å². The van der Waals surface area contributed by atoms with Crippen LogP contribution >= 0.6 is 0 Å². The zero-order valence-electron chi connectivity index (χ0n) is 16.3. The zero-order valence-corrected chi connectivity index (χ0v) is 16.3. The molecule has 0 saturated carbocycles. The lowest BCUT2D eigenvalue weighted by Crippen LogP contribution is -2.41. The molecule has 8 nitrogen and oxygen atoms in total. The average molecular weight is 407 g/mol. The summed E-state index contributed by atoms with van der Waals surface area (Å²) in [7, 11) is 0. The van der Waals surface area contributed by atoms with Gasteiger partial charge in [0, 0.05) is 13.1 Å². The Morgan fingerprint density at radius 3 is 2.73 bits per heavy atom. The van der Waals surface area contributed by atoms with Crippen LogP contribution in [0.2, 0.25) is 0 Å². The molecule has 0 unspecified atom stereocenters. The Hall–Kier alpha value is -3.55. The molecule has 0 bridgehead atoms. The summed E-state index contributed by atoms with van der Waals surface area (Å²) < 4.78 is 10.6. The SMILES string of the molecule is O=C(C[C@@H]1NC(=O)N(Cc2ccc3c(c2)OCO3)C1=O)N1CCc2ccccc2C1. The summed E-state index contributed by atoms with van der Waals surface area (Å²) in [6.07, 6.45) is 0.757. The normalized spacial score (nSPS) is 19.7.